The van der Waals surface area contributed by atoms with Crippen LogP contribution >= 0.6 is 0 Å². The van der Waals surface area contributed by atoms with E-state index in [1.807, 2.05) is 68.4 Å². The van der Waals surface area contributed by atoms with Crippen LogP contribution in [-0.4, -0.2) is 27.5 Å². The summed E-state index contributed by atoms with van der Waals surface area (Å²) < 4.78 is 44.3. The van der Waals surface area contributed by atoms with Crippen LogP contribution in [-0.2, 0) is 12.6 Å². The van der Waals surface area contributed by atoms with Gasteiger partial charge in [-0.25, -0.2) is 0 Å². The minimum Gasteiger partial charge on any atom is -0.339 e. The Labute approximate surface area is 201 Å². The number of benzene rings is 3. The van der Waals surface area contributed by atoms with Crippen LogP contribution < -0.4 is 0 Å². The van der Waals surface area contributed by atoms with E-state index in [1.165, 1.54) is 12.1 Å². The highest BCUT2D eigenvalue weighted by Crippen LogP contribution is 2.30. The molecule has 0 spiro atoms. The van der Waals surface area contributed by atoms with Gasteiger partial charge in [-0.05, 0) is 43.7 Å². The van der Waals surface area contributed by atoms with Gasteiger partial charge in [0, 0.05) is 24.1 Å². The lowest BCUT2D eigenvalue weighted by Gasteiger charge is -2.29. The number of rotatable bonds is 7. The highest BCUT2D eigenvalue weighted by Gasteiger charge is 2.31. The minimum absolute atomic E-state index is 0.173. The van der Waals surface area contributed by atoms with Crippen molar-refractivity contribution in [1.29, 1.82) is 0 Å². The monoisotopic (exact) mass is 479 g/mol. The summed E-state index contributed by atoms with van der Waals surface area (Å²) in [7, 11) is 0. The van der Waals surface area contributed by atoms with Crippen LogP contribution in [0, 0.1) is 6.92 Å². The molecular formula is C27H24F3N3O2. The topological polar surface area (TPSA) is 59.2 Å². The van der Waals surface area contributed by atoms with Crippen molar-refractivity contribution in [2.24, 2.45) is 0 Å². The molecule has 0 N–H and O–H groups in total. The van der Waals surface area contributed by atoms with Crippen molar-refractivity contribution in [1.82, 2.24) is 15.0 Å². The Morgan fingerprint density at radius 3 is 2.26 bits per heavy atom. The quantitative estimate of drug-likeness (QED) is 0.303. The summed E-state index contributed by atoms with van der Waals surface area (Å²) >= 11 is 0. The summed E-state index contributed by atoms with van der Waals surface area (Å²) in [5.41, 5.74) is 2.21. The molecule has 0 saturated heterocycles. The second kappa shape index (κ2) is 10.1. The molecule has 4 aromatic rings. The third-order valence-corrected chi connectivity index (χ3v) is 5.81. The van der Waals surface area contributed by atoms with Crippen molar-refractivity contribution < 1.29 is 22.5 Å². The van der Waals surface area contributed by atoms with Gasteiger partial charge in [-0.2, -0.15) is 18.2 Å². The van der Waals surface area contributed by atoms with Crippen molar-refractivity contribution in [3.63, 3.8) is 0 Å². The molecule has 0 aliphatic rings. The van der Waals surface area contributed by atoms with Crippen LogP contribution in [0.2, 0.25) is 0 Å². The number of alkyl halides is 3. The average molecular weight is 480 g/mol. The summed E-state index contributed by atoms with van der Waals surface area (Å²) in [6, 6.07) is 21.1. The van der Waals surface area contributed by atoms with E-state index in [4.69, 9.17) is 4.52 Å². The van der Waals surface area contributed by atoms with Gasteiger partial charge in [0.25, 0.3) is 5.91 Å². The maximum atomic E-state index is 13.4. The highest BCUT2D eigenvalue weighted by atomic mass is 19.4. The van der Waals surface area contributed by atoms with Crippen LogP contribution in [0.15, 0.2) is 83.4 Å². The highest BCUT2D eigenvalue weighted by molar-refractivity contribution is 5.94. The molecule has 1 aromatic heterocycles. The molecule has 0 saturated carbocycles. The molecule has 8 heteroatoms. The van der Waals surface area contributed by atoms with E-state index < -0.39 is 11.7 Å². The summed E-state index contributed by atoms with van der Waals surface area (Å²) in [6.45, 7) is 4.11. The minimum atomic E-state index is -4.47. The molecule has 4 rings (SSSR count). The Kier molecular flexibility index (Phi) is 7.00. The lowest BCUT2D eigenvalue weighted by molar-refractivity contribution is -0.137. The second-order valence-electron chi connectivity index (χ2n) is 8.29. The summed E-state index contributed by atoms with van der Waals surface area (Å²) in [5.74, 6) is 0.441. The summed E-state index contributed by atoms with van der Waals surface area (Å²) in [5, 5.41) is 4.04. The van der Waals surface area contributed by atoms with Gasteiger partial charge in [0.15, 0.2) is 0 Å². The second-order valence-corrected chi connectivity index (χ2v) is 8.29. The molecule has 0 bridgehead atoms. The van der Waals surface area contributed by atoms with Gasteiger partial charge < -0.3 is 9.42 Å². The molecule has 3 aromatic carbocycles. The maximum Gasteiger partial charge on any atom is 0.416 e. The molecule has 0 aliphatic heterocycles. The third-order valence-electron chi connectivity index (χ3n) is 5.81. The summed E-state index contributed by atoms with van der Waals surface area (Å²) in [4.78, 5) is 19.4. The van der Waals surface area contributed by atoms with Gasteiger partial charge in [0.1, 0.15) is 0 Å². The number of nitrogens with zero attached hydrogens (tertiary/aromatic N) is 3. The molecule has 0 aliphatic carbocycles. The fraction of sp³-hybridized carbons (Fsp3) is 0.222. The predicted molar refractivity (Wildman–Crippen MR) is 126 cm³/mol. The number of hydrogen-bond acceptors (Lipinski definition) is 4. The van der Waals surface area contributed by atoms with E-state index in [2.05, 4.69) is 10.1 Å². The van der Waals surface area contributed by atoms with Crippen LogP contribution in [0.3, 0.4) is 0 Å². The first-order valence-electron chi connectivity index (χ1n) is 11.1. The van der Waals surface area contributed by atoms with Crippen LogP contribution in [0.1, 0.15) is 45.9 Å². The van der Waals surface area contributed by atoms with Crippen LogP contribution in [0.25, 0.3) is 11.4 Å². The first-order valence-corrected chi connectivity index (χ1v) is 11.1. The normalized spacial score (nSPS) is 12.4. The number of hydrogen-bond donors (Lipinski definition) is 0. The van der Waals surface area contributed by atoms with E-state index in [-0.39, 0.29) is 24.1 Å². The number of aromatic nitrogens is 2. The standard InChI is InChI=1S/C27H24F3N3O2/c1-18-8-10-21(11-9-18)25-31-24(35-32-25)16-17-33(19(2)20-6-4-3-5-7-20)26(34)22-12-14-23(15-13-22)27(28,29)30/h3-15,19H,16-17H2,1-2H3. The Hall–Kier alpha value is -3.94. The Morgan fingerprint density at radius 2 is 1.63 bits per heavy atom. The van der Waals surface area contributed by atoms with Gasteiger partial charge in [-0.3, -0.25) is 4.79 Å². The smallest absolute Gasteiger partial charge is 0.339 e. The maximum absolute atomic E-state index is 13.4. The van der Waals surface area contributed by atoms with Gasteiger partial charge in [-0.15, -0.1) is 0 Å². The predicted octanol–water partition coefficient (Wildman–Crippen LogP) is 6.51. The lowest BCUT2D eigenvalue weighted by Crippen LogP contribution is -2.35. The van der Waals surface area contributed by atoms with Crippen molar-refractivity contribution in [2.75, 3.05) is 6.54 Å². The number of halogens is 3. The molecule has 0 radical (unpaired) electrons. The number of amides is 1. The van der Waals surface area contributed by atoms with Crippen LogP contribution in [0.4, 0.5) is 13.2 Å². The Morgan fingerprint density at radius 1 is 0.971 bits per heavy atom. The van der Waals surface area contributed by atoms with Crippen molar-refractivity contribution in [2.45, 2.75) is 32.5 Å². The average Bonchev–Trinajstić information content (AvgIpc) is 3.33. The van der Waals surface area contributed by atoms with E-state index in [0.29, 0.717) is 18.1 Å². The van der Waals surface area contributed by atoms with E-state index in [1.54, 1.807) is 4.90 Å². The van der Waals surface area contributed by atoms with E-state index >= 15 is 0 Å². The molecule has 0 fully saturated rings. The third kappa shape index (κ3) is 5.77. The molecule has 180 valence electrons. The van der Waals surface area contributed by atoms with Gasteiger partial charge >= 0.3 is 6.18 Å². The molecular weight excluding hydrogens is 455 g/mol. The fourth-order valence-corrected chi connectivity index (χ4v) is 3.74. The Balaban J connectivity index is 1.55. The van der Waals surface area contributed by atoms with Crippen LogP contribution in [0.5, 0.6) is 0 Å². The van der Waals surface area contributed by atoms with E-state index in [0.717, 1.165) is 28.8 Å². The molecule has 35 heavy (non-hydrogen) atoms. The first-order chi connectivity index (χ1) is 16.7. The number of carbonyl (C=O) groups excluding carboxylic acids is 1. The summed E-state index contributed by atoms with van der Waals surface area (Å²) in [6.07, 6.45) is -4.17. The zero-order valence-electron chi connectivity index (χ0n) is 19.3. The van der Waals surface area contributed by atoms with Crippen molar-refractivity contribution in [3.8, 4) is 11.4 Å². The zero-order chi connectivity index (χ0) is 25.0. The van der Waals surface area contributed by atoms with Crippen molar-refractivity contribution in [3.05, 3.63) is 107 Å². The zero-order valence-corrected chi connectivity index (χ0v) is 19.3. The number of aryl methyl sites for hydroxylation is 1. The molecule has 1 unspecified atom stereocenters. The largest absolute Gasteiger partial charge is 0.416 e. The van der Waals surface area contributed by atoms with Crippen molar-refractivity contribution >= 4 is 5.91 Å². The van der Waals surface area contributed by atoms with Gasteiger partial charge in [0.05, 0.1) is 11.6 Å². The molecule has 5 nitrogen and oxygen atoms in total. The Bertz CT molecular complexity index is 1270. The van der Waals surface area contributed by atoms with E-state index in [9.17, 15) is 18.0 Å². The van der Waals surface area contributed by atoms with Gasteiger partial charge in [-0.1, -0.05) is 65.3 Å². The first kappa shape index (κ1) is 24.2. The molecule has 1 heterocycles. The number of carbonyl (C=O) groups is 1. The van der Waals surface area contributed by atoms with Gasteiger partial charge in [0.2, 0.25) is 11.7 Å². The molecule has 1 amide bonds. The SMILES string of the molecule is Cc1ccc(-c2noc(CCN(C(=O)c3ccc(C(F)(F)F)cc3)C(C)c3ccccc3)n2)cc1. The lowest BCUT2D eigenvalue weighted by atomic mass is 10.0. The molecule has 1 atom stereocenters. The fourth-order valence-electron chi connectivity index (χ4n) is 3.74.